The van der Waals surface area contributed by atoms with Crippen molar-refractivity contribution >= 4 is 0 Å². The monoisotopic (exact) mass is 266 g/mol. The van der Waals surface area contributed by atoms with Crippen LogP contribution in [-0.4, -0.2) is 11.2 Å². The Morgan fingerprint density at radius 1 is 1.16 bits per heavy atom. The molecule has 2 nitrogen and oxygen atoms in total. The molecular formula is C16H23FO2. The molecule has 0 atom stereocenters. The van der Waals surface area contributed by atoms with Gasteiger partial charge < -0.3 is 9.84 Å². The van der Waals surface area contributed by atoms with Gasteiger partial charge in [0.05, 0.1) is 6.10 Å². The van der Waals surface area contributed by atoms with Crippen LogP contribution < -0.4 is 4.74 Å². The summed E-state index contributed by atoms with van der Waals surface area (Å²) in [6.07, 6.45) is 4.53. The minimum atomic E-state index is -0.624. The van der Waals surface area contributed by atoms with E-state index in [1.807, 2.05) is 0 Å². The molecule has 0 radical (unpaired) electrons. The van der Waals surface area contributed by atoms with Gasteiger partial charge in [0, 0.05) is 6.07 Å². The molecule has 0 saturated heterocycles. The molecule has 0 bridgehead atoms. The first-order chi connectivity index (χ1) is 8.86. The van der Waals surface area contributed by atoms with Crippen LogP contribution in [0.25, 0.3) is 0 Å². The summed E-state index contributed by atoms with van der Waals surface area (Å²) in [7, 11) is 0. The van der Waals surface area contributed by atoms with Crippen molar-refractivity contribution < 1.29 is 14.2 Å². The van der Waals surface area contributed by atoms with Crippen molar-refractivity contribution in [3.8, 4) is 11.5 Å². The van der Waals surface area contributed by atoms with Gasteiger partial charge in [0.15, 0.2) is 11.6 Å². The number of hydrogen-bond donors (Lipinski definition) is 1. The Bertz CT molecular complexity index is 429. The molecule has 1 aliphatic carbocycles. The van der Waals surface area contributed by atoms with Crippen LogP contribution in [0.15, 0.2) is 18.2 Å². The number of halogens is 1. The minimum Gasteiger partial charge on any atom is -0.505 e. The van der Waals surface area contributed by atoms with E-state index in [0.29, 0.717) is 11.2 Å². The standard InChI is InChI=1S/C16H23FO2/c1-16(2,3)11-4-6-12(7-5-11)19-13-8-9-15(18)14(17)10-13/h8-12,18H,4-7H2,1-3H3. The molecule has 1 aromatic carbocycles. The van der Waals surface area contributed by atoms with Gasteiger partial charge in [-0.25, -0.2) is 4.39 Å². The van der Waals surface area contributed by atoms with E-state index in [0.717, 1.165) is 31.6 Å². The fraction of sp³-hybridized carbons (Fsp3) is 0.625. The molecule has 0 heterocycles. The van der Waals surface area contributed by atoms with Crippen molar-refractivity contribution in [1.29, 1.82) is 0 Å². The van der Waals surface area contributed by atoms with Gasteiger partial charge in [0.25, 0.3) is 0 Å². The van der Waals surface area contributed by atoms with Crippen molar-refractivity contribution in [2.24, 2.45) is 11.3 Å². The highest BCUT2D eigenvalue weighted by molar-refractivity contribution is 5.32. The Hall–Kier alpha value is -1.25. The second-order valence-corrected chi connectivity index (χ2v) is 6.57. The lowest BCUT2D eigenvalue weighted by Crippen LogP contribution is -2.30. The summed E-state index contributed by atoms with van der Waals surface area (Å²) in [6, 6.07) is 4.21. The highest BCUT2D eigenvalue weighted by Gasteiger charge is 2.30. The van der Waals surface area contributed by atoms with Gasteiger partial charge in [-0.1, -0.05) is 20.8 Å². The van der Waals surface area contributed by atoms with E-state index in [1.165, 1.54) is 12.1 Å². The number of phenols is 1. The second kappa shape index (κ2) is 5.40. The van der Waals surface area contributed by atoms with Crippen molar-refractivity contribution in [1.82, 2.24) is 0 Å². The largest absolute Gasteiger partial charge is 0.505 e. The van der Waals surface area contributed by atoms with E-state index in [-0.39, 0.29) is 11.9 Å². The Labute approximate surface area is 114 Å². The SMILES string of the molecule is CC(C)(C)C1CCC(Oc2ccc(O)c(F)c2)CC1. The lowest BCUT2D eigenvalue weighted by atomic mass is 9.72. The quantitative estimate of drug-likeness (QED) is 0.853. The third-order valence-corrected chi connectivity index (χ3v) is 4.12. The molecule has 3 heteroatoms. The predicted molar refractivity (Wildman–Crippen MR) is 73.9 cm³/mol. The zero-order valence-electron chi connectivity index (χ0n) is 11.9. The highest BCUT2D eigenvalue weighted by Crippen LogP contribution is 2.38. The molecule has 19 heavy (non-hydrogen) atoms. The summed E-state index contributed by atoms with van der Waals surface area (Å²) in [5.74, 6) is 0.295. The molecule has 1 aliphatic rings. The normalized spacial score (nSPS) is 24.2. The van der Waals surface area contributed by atoms with E-state index < -0.39 is 5.82 Å². The molecule has 1 N–H and O–H groups in total. The van der Waals surface area contributed by atoms with E-state index in [2.05, 4.69) is 20.8 Å². The molecule has 1 saturated carbocycles. The van der Waals surface area contributed by atoms with E-state index in [1.54, 1.807) is 6.07 Å². The molecule has 0 amide bonds. The lowest BCUT2D eigenvalue weighted by molar-refractivity contribution is 0.0879. The van der Waals surface area contributed by atoms with Crippen LogP contribution in [0.4, 0.5) is 4.39 Å². The van der Waals surface area contributed by atoms with Crippen LogP contribution in [0.3, 0.4) is 0 Å². The maximum atomic E-state index is 13.2. The van der Waals surface area contributed by atoms with Crippen LogP contribution >= 0.6 is 0 Å². The Morgan fingerprint density at radius 2 is 1.79 bits per heavy atom. The van der Waals surface area contributed by atoms with Crippen molar-refractivity contribution in [2.75, 3.05) is 0 Å². The van der Waals surface area contributed by atoms with E-state index >= 15 is 0 Å². The third kappa shape index (κ3) is 3.62. The highest BCUT2D eigenvalue weighted by atomic mass is 19.1. The molecule has 106 valence electrons. The van der Waals surface area contributed by atoms with Crippen molar-refractivity contribution in [3.63, 3.8) is 0 Å². The minimum absolute atomic E-state index is 0.169. The van der Waals surface area contributed by atoms with Gasteiger partial charge in [0.1, 0.15) is 5.75 Å². The second-order valence-electron chi connectivity index (χ2n) is 6.57. The molecule has 1 aromatic rings. The summed E-state index contributed by atoms with van der Waals surface area (Å²) in [4.78, 5) is 0. The molecule has 0 unspecified atom stereocenters. The first kappa shape index (κ1) is 14.2. The molecule has 1 fully saturated rings. The number of phenolic OH excluding ortho intramolecular Hbond substituents is 1. The molecular weight excluding hydrogens is 243 g/mol. The Balaban J connectivity index is 1.90. The number of benzene rings is 1. The maximum absolute atomic E-state index is 13.2. The molecule has 0 spiro atoms. The number of aromatic hydroxyl groups is 1. The van der Waals surface area contributed by atoms with Gasteiger partial charge in [-0.3, -0.25) is 0 Å². The fourth-order valence-electron chi connectivity index (χ4n) is 2.80. The number of rotatable bonds is 2. The summed E-state index contributed by atoms with van der Waals surface area (Å²) >= 11 is 0. The summed E-state index contributed by atoms with van der Waals surface area (Å²) in [5.41, 5.74) is 0.357. The molecule has 0 aromatic heterocycles. The lowest BCUT2D eigenvalue weighted by Gasteiger charge is -2.36. The zero-order chi connectivity index (χ0) is 14.0. The van der Waals surface area contributed by atoms with Gasteiger partial charge in [-0.05, 0) is 49.1 Å². The molecule has 0 aliphatic heterocycles. The fourth-order valence-corrected chi connectivity index (χ4v) is 2.80. The van der Waals surface area contributed by atoms with Crippen LogP contribution in [0, 0.1) is 17.2 Å². The van der Waals surface area contributed by atoms with Crippen LogP contribution in [0.1, 0.15) is 46.5 Å². The number of ether oxygens (including phenoxy) is 1. The van der Waals surface area contributed by atoms with Gasteiger partial charge in [-0.2, -0.15) is 0 Å². The van der Waals surface area contributed by atoms with Crippen LogP contribution in [0.5, 0.6) is 11.5 Å². The predicted octanol–water partition coefficient (Wildman–Crippen LogP) is 4.52. The van der Waals surface area contributed by atoms with Crippen molar-refractivity contribution in [2.45, 2.75) is 52.6 Å². The average molecular weight is 266 g/mol. The Kier molecular flexibility index (Phi) is 4.02. The van der Waals surface area contributed by atoms with Gasteiger partial charge in [0.2, 0.25) is 0 Å². The van der Waals surface area contributed by atoms with Crippen LogP contribution in [-0.2, 0) is 0 Å². The molecule has 2 rings (SSSR count). The Morgan fingerprint density at radius 3 is 2.32 bits per heavy atom. The maximum Gasteiger partial charge on any atom is 0.168 e. The smallest absolute Gasteiger partial charge is 0.168 e. The first-order valence-electron chi connectivity index (χ1n) is 7.01. The third-order valence-electron chi connectivity index (χ3n) is 4.12. The van der Waals surface area contributed by atoms with Gasteiger partial charge in [-0.15, -0.1) is 0 Å². The van der Waals surface area contributed by atoms with Crippen LogP contribution in [0.2, 0.25) is 0 Å². The van der Waals surface area contributed by atoms with Gasteiger partial charge >= 0.3 is 0 Å². The van der Waals surface area contributed by atoms with Crippen molar-refractivity contribution in [3.05, 3.63) is 24.0 Å². The summed E-state index contributed by atoms with van der Waals surface area (Å²) in [6.45, 7) is 6.86. The average Bonchev–Trinajstić information content (AvgIpc) is 2.33. The zero-order valence-corrected chi connectivity index (χ0v) is 11.9. The van der Waals surface area contributed by atoms with E-state index in [4.69, 9.17) is 9.84 Å². The topological polar surface area (TPSA) is 29.5 Å². The summed E-state index contributed by atoms with van der Waals surface area (Å²) in [5, 5.41) is 9.14. The van der Waals surface area contributed by atoms with E-state index in [9.17, 15) is 4.39 Å². The first-order valence-corrected chi connectivity index (χ1v) is 7.01. The summed E-state index contributed by atoms with van der Waals surface area (Å²) < 4.78 is 19.0. The number of hydrogen-bond acceptors (Lipinski definition) is 2.